The third-order valence-electron chi connectivity index (χ3n) is 4.63. The summed E-state index contributed by atoms with van der Waals surface area (Å²) in [7, 11) is 0. The molecule has 0 spiro atoms. The zero-order valence-electron chi connectivity index (χ0n) is 14.3. The Morgan fingerprint density at radius 1 is 1.12 bits per heavy atom. The van der Waals surface area contributed by atoms with Crippen molar-refractivity contribution in [3.05, 3.63) is 71.5 Å². The average Bonchev–Trinajstić information content (AvgIpc) is 3.46. The number of carbonyl (C=O) groups excluding carboxylic acids is 1. The molecular formula is C21H24FNO2. The minimum Gasteiger partial charge on any atom is -0.387 e. The first kappa shape index (κ1) is 17.6. The third kappa shape index (κ3) is 5.13. The molecule has 1 atom stereocenters. The molecule has 0 heterocycles. The van der Waals surface area contributed by atoms with E-state index in [9.17, 15) is 14.3 Å². The number of aryl methyl sites for hydroxylation is 1. The predicted molar refractivity (Wildman–Crippen MR) is 95.5 cm³/mol. The van der Waals surface area contributed by atoms with E-state index < -0.39 is 6.10 Å². The van der Waals surface area contributed by atoms with E-state index in [0.29, 0.717) is 12.0 Å². The van der Waals surface area contributed by atoms with Gasteiger partial charge in [-0.15, -0.1) is 0 Å². The summed E-state index contributed by atoms with van der Waals surface area (Å²) in [5, 5.41) is 10.4. The Morgan fingerprint density at radius 3 is 2.44 bits per heavy atom. The van der Waals surface area contributed by atoms with Crippen LogP contribution >= 0.6 is 0 Å². The van der Waals surface area contributed by atoms with E-state index in [4.69, 9.17) is 0 Å². The van der Waals surface area contributed by atoms with Crippen molar-refractivity contribution in [1.82, 2.24) is 4.90 Å². The summed E-state index contributed by atoms with van der Waals surface area (Å²) >= 11 is 0. The van der Waals surface area contributed by atoms with Gasteiger partial charge in [0.15, 0.2) is 0 Å². The molecule has 2 aromatic rings. The molecule has 1 aliphatic rings. The van der Waals surface area contributed by atoms with Gasteiger partial charge in [-0.05, 0) is 48.9 Å². The monoisotopic (exact) mass is 341 g/mol. The van der Waals surface area contributed by atoms with Gasteiger partial charge < -0.3 is 10.0 Å². The number of hydrogen-bond donors (Lipinski definition) is 1. The van der Waals surface area contributed by atoms with Crippen LogP contribution in [0.2, 0.25) is 0 Å². The Labute approximate surface area is 148 Å². The number of aliphatic hydroxyl groups is 1. The molecule has 0 radical (unpaired) electrons. The maximum absolute atomic E-state index is 13.0. The lowest BCUT2D eigenvalue weighted by Crippen LogP contribution is -2.36. The molecule has 3 rings (SSSR count). The molecule has 0 unspecified atom stereocenters. The second-order valence-electron chi connectivity index (χ2n) is 6.68. The first-order chi connectivity index (χ1) is 12.1. The molecule has 132 valence electrons. The van der Waals surface area contributed by atoms with Crippen molar-refractivity contribution in [2.45, 2.75) is 44.2 Å². The standard InChI is InChI=1S/C21H24FNO2/c22-18-11-9-17(10-12-18)20(24)15-23(19-13-14-19)21(25)8-4-7-16-5-2-1-3-6-16/h1-3,5-6,9-12,19-20,24H,4,7-8,13-15H2/t20-/m1/s1. The molecule has 0 bridgehead atoms. The van der Waals surface area contributed by atoms with E-state index in [1.54, 1.807) is 17.0 Å². The van der Waals surface area contributed by atoms with Crippen LogP contribution in [0.1, 0.15) is 42.9 Å². The van der Waals surface area contributed by atoms with Gasteiger partial charge in [-0.3, -0.25) is 4.79 Å². The van der Waals surface area contributed by atoms with Crippen molar-refractivity contribution < 1.29 is 14.3 Å². The number of halogens is 1. The summed E-state index contributed by atoms with van der Waals surface area (Å²) in [5.74, 6) is -0.230. The van der Waals surface area contributed by atoms with Crippen LogP contribution in [0.5, 0.6) is 0 Å². The van der Waals surface area contributed by atoms with E-state index in [0.717, 1.165) is 25.7 Å². The van der Waals surface area contributed by atoms with Gasteiger partial charge in [0, 0.05) is 12.5 Å². The van der Waals surface area contributed by atoms with Crippen LogP contribution in [-0.2, 0) is 11.2 Å². The van der Waals surface area contributed by atoms with Crippen LogP contribution in [0.4, 0.5) is 4.39 Å². The van der Waals surface area contributed by atoms with Crippen LogP contribution in [0.15, 0.2) is 54.6 Å². The number of aliphatic hydroxyl groups excluding tert-OH is 1. The zero-order chi connectivity index (χ0) is 17.6. The lowest BCUT2D eigenvalue weighted by molar-refractivity contribution is -0.133. The molecule has 3 nitrogen and oxygen atoms in total. The number of benzene rings is 2. The molecule has 1 aliphatic carbocycles. The normalized spacial score (nSPS) is 15.0. The van der Waals surface area contributed by atoms with Crippen molar-refractivity contribution in [2.75, 3.05) is 6.54 Å². The SMILES string of the molecule is O=C(CCCc1ccccc1)N(C[C@@H](O)c1ccc(F)cc1)C1CC1. The smallest absolute Gasteiger partial charge is 0.222 e. The van der Waals surface area contributed by atoms with E-state index in [2.05, 4.69) is 12.1 Å². The van der Waals surface area contributed by atoms with Crippen molar-refractivity contribution in [3.8, 4) is 0 Å². The van der Waals surface area contributed by atoms with Crippen molar-refractivity contribution in [1.29, 1.82) is 0 Å². The fraction of sp³-hybridized carbons (Fsp3) is 0.381. The number of hydrogen-bond acceptors (Lipinski definition) is 2. The molecule has 25 heavy (non-hydrogen) atoms. The maximum atomic E-state index is 13.0. The molecule has 2 aromatic carbocycles. The van der Waals surface area contributed by atoms with Gasteiger partial charge in [-0.25, -0.2) is 4.39 Å². The Bertz CT molecular complexity index is 683. The number of rotatable bonds is 8. The van der Waals surface area contributed by atoms with Gasteiger partial charge in [-0.2, -0.15) is 0 Å². The van der Waals surface area contributed by atoms with Gasteiger partial charge in [-0.1, -0.05) is 42.5 Å². The highest BCUT2D eigenvalue weighted by atomic mass is 19.1. The zero-order valence-corrected chi connectivity index (χ0v) is 14.3. The van der Waals surface area contributed by atoms with Crippen molar-refractivity contribution >= 4 is 5.91 Å². The van der Waals surface area contributed by atoms with Gasteiger partial charge in [0.2, 0.25) is 5.91 Å². The van der Waals surface area contributed by atoms with Crippen LogP contribution < -0.4 is 0 Å². The lowest BCUT2D eigenvalue weighted by Gasteiger charge is -2.25. The molecular weight excluding hydrogens is 317 g/mol. The van der Waals surface area contributed by atoms with Crippen LogP contribution in [0, 0.1) is 5.82 Å². The topological polar surface area (TPSA) is 40.5 Å². The minimum atomic E-state index is -0.778. The van der Waals surface area contributed by atoms with E-state index >= 15 is 0 Å². The van der Waals surface area contributed by atoms with E-state index in [-0.39, 0.29) is 24.3 Å². The number of nitrogens with zero attached hydrogens (tertiary/aromatic N) is 1. The summed E-state index contributed by atoms with van der Waals surface area (Å²) in [6, 6.07) is 16.2. The van der Waals surface area contributed by atoms with E-state index in [1.165, 1.54) is 17.7 Å². The molecule has 1 fully saturated rings. The van der Waals surface area contributed by atoms with Crippen molar-refractivity contribution in [2.24, 2.45) is 0 Å². The fourth-order valence-electron chi connectivity index (χ4n) is 3.05. The largest absolute Gasteiger partial charge is 0.387 e. The fourth-order valence-corrected chi connectivity index (χ4v) is 3.05. The first-order valence-electron chi connectivity index (χ1n) is 8.90. The van der Waals surface area contributed by atoms with Gasteiger partial charge in [0.25, 0.3) is 0 Å². The Morgan fingerprint density at radius 2 is 1.80 bits per heavy atom. The van der Waals surface area contributed by atoms with E-state index in [1.807, 2.05) is 18.2 Å². The molecule has 1 amide bonds. The highest BCUT2D eigenvalue weighted by Gasteiger charge is 2.33. The molecule has 0 saturated heterocycles. The number of carbonyl (C=O) groups is 1. The van der Waals surface area contributed by atoms with Crippen molar-refractivity contribution in [3.63, 3.8) is 0 Å². The quantitative estimate of drug-likeness (QED) is 0.792. The van der Waals surface area contributed by atoms with Gasteiger partial charge in [0.1, 0.15) is 5.82 Å². The minimum absolute atomic E-state index is 0.0968. The molecule has 0 aliphatic heterocycles. The molecule has 0 aromatic heterocycles. The Balaban J connectivity index is 1.53. The second kappa shape index (κ2) is 8.26. The lowest BCUT2D eigenvalue weighted by atomic mass is 10.1. The summed E-state index contributed by atoms with van der Waals surface area (Å²) in [6.45, 7) is 0.278. The van der Waals surface area contributed by atoms with Gasteiger partial charge >= 0.3 is 0 Å². The highest BCUT2D eigenvalue weighted by Crippen LogP contribution is 2.30. The predicted octanol–water partition coefficient (Wildman–Crippen LogP) is 3.87. The summed E-state index contributed by atoms with van der Waals surface area (Å²) in [4.78, 5) is 14.4. The molecule has 4 heteroatoms. The third-order valence-corrected chi connectivity index (χ3v) is 4.63. The Hall–Kier alpha value is -2.20. The molecule has 1 saturated carbocycles. The highest BCUT2D eigenvalue weighted by molar-refractivity contribution is 5.77. The summed E-state index contributed by atoms with van der Waals surface area (Å²) < 4.78 is 13.0. The first-order valence-corrected chi connectivity index (χ1v) is 8.90. The Kier molecular flexibility index (Phi) is 5.82. The van der Waals surface area contributed by atoms with Crippen LogP contribution in [0.3, 0.4) is 0 Å². The second-order valence-corrected chi connectivity index (χ2v) is 6.68. The number of amides is 1. The maximum Gasteiger partial charge on any atom is 0.222 e. The molecule has 1 N–H and O–H groups in total. The van der Waals surface area contributed by atoms with Crippen LogP contribution in [-0.4, -0.2) is 28.5 Å². The van der Waals surface area contributed by atoms with Crippen LogP contribution in [0.25, 0.3) is 0 Å². The average molecular weight is 341 g/mol. The summed E-state index contributed by atoms with van der Waals surface area (Å²) in [6.07, 6.45) is 3.40. The summed E-state index contributed by atoms with van der Waals surface area (Å²) in [5.41, 5.74) is 1.88. The van der Waals surface area contributed by atoms with Gasteiger partial charge in [0.05, 0.1) is 12.6 Å².